The normalized spacial score (nSPS) is 10.9. The van der Waals surface area contributed by atoms with Crippen LogP contribution in [0.25, 0.3) is 0 Å². The zero-order chi connectivity index (χ0) is 20.7. The van der Waals surface area contributed by atoms with Crippen molar-refractivity contribution in [3.05, 3.63) is 30.3 Å². The van der Waals surface area contributed by atoms with Crippen LogP contribution in [-0.2, 0) is 9.47 Å². The molecule has 0 bridgehead atoms. The molecule has 1 aromatic heterocycles. The lowest BCUT2D eigenvalue weighted by Crippen LogP contribution is -2.21. The summed E-state index contributed by atoms with van der Waals surface area (Å²) >= 11 is 0. The number of hydrogen-bond donors (Lipinski definition) is 4. The van der Waals surface area contributed by atoms with E-state index in [0.717, 1.165) is 18.5 Å². The van der Waals surface area contributed by atoms with Crippen LogP contribution < -0.4 is 21.7 Å². The number of aromatic nitrogens is 3. The minimum atomic E-state index is 0.312. The average molecular weight is 404 g/mol. The van der Waals surface area contributed by atoms with Crippen molar-refractivity contribution >= 4 is 23.5 Å². The van der Waals surface area contributed by atoms with Gasteiger partial charge in [-0.3, -0.25) is 0 Å². The number of nitrogens with zero attached hydrogens (tertiary/aromatic N) is 3. The van der Waals surface area contributed by atoms with Gasteiger partial charge in [0, 0.05) is 24.8 Å². The Morgan fingerprint density at radius 3 is 2.21 bits per heavy atom. The van der Waals surface area contributed by atoms with Crippen molar-refractivity contribution in [3.63, 3.8) is 0 Å². The van der Waals surface area contributed by atoms with Crippen LogP contribution in [0, 0.1) is 0 Å². The Balaban J connectivity index is 1.94. The van der Waals surface area contributed by atoms with Crippen LogP contribution in [0.5, 0.6) is 0 Å². The molecule has 0 spiro atoms. The van der Waals surface area contributed by atoms with E-state index in [2.05, 4.69) is 44.7 Å². The molecule has 0 aliphatic heterocycles. The lowest BCUT2D eigenvalue weighted by atomic mass is 10.2. The number of rotatable bonds is 15. The van der Waals surface area contributed by atoms with Gasteiger partial charge in [0.25, 0.3) is 0 Å². The molecule has 0 radical (unpaired) electrons. The van der Waals surface area contributed by atoms with Gasteiger partial charge in [-0.2, -0.15) is 15.0 Å². The van der Waals surface area contributed by atoms with Crippen molar-refractivity contribution in [2.24, 2.45) is 5.73 Å². The van der Waals surface area contributed by atoms with E-state index in [-0.39, 0.29) is 0 Å². The fourth-order valence-electron chi connectivity index (χ4n) is 2.54. The molecular formula is C20H33N7O2. The van der Waals surface area contributed by atoms with Crippen molar-refractivity contribution in [1.82, 2.24) is 15.0 Å². The summed E-state index contributed by atoms with van der Waals surface area (Å²) in [5.74, 6) is 1.53. The summed E-state index contributed by atoms with van der Waals surface area (Å²) < 4.78 is 10.8. The average Bonchev–Trinajstić information content (AvgIpc) is 2.74. The number of nitrogens with two attached hydrogens (primary N) is 1. The maximum Gasteiger partial charge on any atom is 0.233 e. The molecule has 1 heterocycles. The second-order valence-electron chi connectivity index (χ2n) is 6.40. The van der Waals surface area contributed by atoms with E-state index in [1.54, 1.807) is 0 Å². The van der Waals surface area contributed by atoms with Crippen molar-refractivity contribution < 1.29 is 9.47 Å². The van der Waals surface area contributed by atoms with E-state index in [4.69, 9.17) is 15.2 Å². The minimum absolute atomic E-state index is 0.312. The molecule has 2 aromatic rings. The molecule has 0 aliphatic rings. The molecule has 9 nitrogen and oxygen atoms in total. The number of hydrogen-bond acceptors (Lipinski definition) is 9. The standard InChI is InChI=1S/C20H33N7O2/c1-3-16(4-2)23-19-25-18(22-11-13-29-15-14-28-12-10-21)26-20(27-19)24-17-8-6-5-7-9-17/h5-9,16H,3-4,10-15,21H2,1-2H3,(H3,22,23,24,25,26,27). The summed E-state index contributed by atoms with van der Waals surface area (Å²) in [5, 5.41) is 9.79. The largest absolute Gasteiger partial charge is 0.378 e. The first-order valence-corrected chi connectivity index (χ1v) is 10.2. The van der Waals surface area contributed by atoms with Crippen molar-refractivity contribution in [1.29, 1.82) is 0 Å². The van der Waals surface area contributed by atoms with Crippen LogP contribution in [0.4, 0.5) is 23.5 Å². The first kappa shape index (κ1) is 22.8. The van der Waals surface area contributed by atoms with Gasteiger partial charge in [0.1, 0.15) is 0 Å². The molecule has 160 valence electrons. The molecule has 1 aromatic carbocycles. The third-order valence-corrected chi connectivity index (χ3v) is 4.15. The van der Waals surface area contributed by atoms with E-state index in [9.17, 15) is 0 Å². The Morgan fingerprint density at radius 2 is 1.52 bits per heavy atom. The first-order valence-electron chi connectivity index (χ1n) is 10.2. The Hall–Kier alpha value is -2.49. The van der Waals surface area contributed by atoms with Gasteiger partial charge in [0.2, 0.25) is 17.8 Å². The third-order valence-electron chi connectivity index (χ3n) is 4.15. The fourth-order valence-corrected chi connectivity index (χ4v) is 2.54. The van der Waals surface area contributed by atoms with Gasteiger partial charge in [0.05, 0.1) is 26.4 Å². The predicted octanol–water partition coefficient (Wildman–Crippen LogP) is 2.62. The summed E-state index contributed by atoms with van der Waals surface area (Å²) in [6.45, 7) is 7.52. The molecule has 0 atom stereocenters. The van der Waals surface area contributed by atoms with Gasteiger partial charge in [0.15, 0.2) is 0 Å². The van der Waals surface area contributed by atoms with Gasteiger partial charge in [-0.15, -0.1) is 0 Å². The Morgan fingerprint density at radius 1 is 0.862 bits per heavy atom. The summed E-state index contributed by atoms with van der Waals surface area (Å²) in [6.07, 6.45) is 1.99. The Bertz CT molecular complexity index is 684. The molecule has 0 amide bonds. The maximum atomic E-state index is 5.53. The van der Waals surface area contributed by atoms with Crippen molar-refractivity contribution in [2.45, 2.75) is 32.7 Å². The third kappa shape index (κ3) is 9.03. The molecule has 0 aliphatic carbocycles. The summed E-state index contributed by atoms with van der Waals surface area (Å²) in [5.41, 5.74) is 6.29. The van der Waals surface area contributed by atoms with Crippen LogP contribution in [0.1, 0.15) is 26.7 Å². The molecule has 2 rings (SSSR count). The highest BCUT2D eigenvalue weighted by Crippen LogP contribution is 2.16. The Kier molecular flexibility index (Phi) is 10.7. The smallest absolute Gasteiger partial charge is 0.233 e. The van der Waals surface area contributed by atoms with Crippen molar-refractivity contribution in [3.8, 4) is 0 Å². The number of anilines is 4. The van der Waals surface area contributed by atoms with E-state index in [1.165, 1.54) is 0 Å². The first-order chi connectivity index (χ1) is 14.2. The van der Waals surface area contributed by atoms with Crippen LogP contribution in [0.15, 0.2) is 30.3 Å². The van der Waals surface area contributed by atoms with Crippen molar-refractivity contribution in [2.75, 3.05) is 55.5 Å². The van der Waals surface area contributed by atoms with Crippen LogP contribution in [-0.4, -0.2) is 60.5 Å². The number of benzene rings is 1. The molecular weight excluding hydrogens is 370 g/mol. The van der Waals surface area contributed by atoms with Crippen LogP contribution in [0.2, 0.25) is 0 Å². The number of ether oxygens (including phenoxy) is 2. The quantitative estimate of drug-likeness (QED) is 0.333. The van der Waals surface area contributed by atoms with E-state index in [1.807, 2.05) is 30.3 Å². The second-order valence-corrected chi connectivity index (χ2v) is 6.40. The topological polar surface area (TPSA) is 119 Å². The molecule has 0 fully saturated rings. The van der Waals surface area contributed by atoms with Gasteiger partial charge in [-0.05, 0) is 25.0 Å². The molecule has 5 N–H and O–H groups in total. The predicted molar refractivity (Wildman–Crippen MR) is 117 cm³/mol. The lowest BCUT2D eigenvalue weighted by molar-refractivity contribution is 0.0547. The fraction of sp³-hybridized carbons (Fsp3) is 0.550. The molecule has 29 heavy (non-hydrogen) atoms. The molecule has 0 unspecified atom stereocenters. The van der Waals surface area contributed by atoms with Gasteiger partial charge >= 0.3 is 0 Å². The number of nitrogens with one attached hydrogen (secondary N) is 3. The Labute approximate surface area is 172 Å². The van der Waals surface area contributed by atoms with E-state index >= 15 is 0 Å². The highest BCUT2D eigenvalue weighted by atomic mass is 16.5. The lowest BCUT2D eigenvalue weighted by Gasteiger charge is -2.16. The highest BCUT2D eigenvalue weighted by Gasteiger charge is 2.10. The number of para-hydroxylation sites is 1. The van der Waals surface area contributed by atoms with E-state index in [0.29, 0.717) is 63.4 Å². The van der Waals surface area contributed by atoms with Gasteiger partial charge < -0.3 is 31.2 Å². The summed E-state index contributed by atoms with van der Waals surface area (Å²) in [4.78, 5) is 13.5. The molecule has 9 heteroatoms. The summed E-state index contributed by atoms with van der Waals surface area (Å²) in [6, 6.07) is 10.1. The van der Waals surface area contributed by atoms with Crippen LogP contribution >= 0.6 is 0 Å². The van der Waals surface area contributed by atoms with Crippen LogP contribution in [0.3, 0.4) is 0 Å². The zero-order valence-corrected chi connectivity index (χ0v) is 17.4. The molecule has 0 saturated carbocycles. The SMILES string of the molecule is CCC(CC)Nc1nc(NCCOCCOCCN)nc(Nc2ccccc2)n1. The zero-order valence-electron chi connectivity index (χ0n) is 17.4. The highest BCUT2D eigenvalue weighted by molar-refractivity contribution is 5.55. The second kappa shape index (κ2) is 13.6. The van der Waals surface area contributed by atoms with Gasteiger partial charge in [-0.25, -0.2) is 0 Å². The maximum absolute atomic E-state index is 5.53. The molecule has 0 saturated heterocycles. The minimum Gasteiger partial charge on any atom is -0.378 e. The van der Waals surface area contributed by atoms with Gasteiger partial charge in [-0.1, -0.05) is 32.0 Å². The monoisotopic (exact) mass is 403 g/mol. The van der Waals surface area contributed by atoms with E-state index < -0.39 is 0 Å². The summed E-state index contributed by atoms with van der Waals surface area (Å²) in [7, 11) is 0.